The second-order valence-corrected chi connectivity index (χ2v) is 10.6. The van der Waals surface area contributed by atoms with Crippen molar-refractivity contribution in [3.8, 4) is 11.6 Å². The van der Waals surface area contributed by atoms with Crippen LogP contribution in [-0.4, -0.2) is 61.1 Å². The molecule has 1 aliphatic rings. The molecular weight excluding hydrogens is 561 g/mol. The van der Waals surface area contributed by atoms with Crippen molar-refractivity contribution in [1.82, 2.24) is 15.2 Å². The molecular formula is C34H36FN5O4. The number of aromatic nitrogens is 1. The summed E-state index contributed by atoms with van der Waals surface area (Å²) in [5.74, 6) is 0.365. The number of nitrogens with one attached hydrogen (secondary N) is 3. The van der Waals surface area contributed by atoms with E-state index in [4.69, 9.17) is 9.47 Å². The lowest BCUT2D eigenvalue weighted by atomic mass is 10.0. The fourth-order valence-corrected chi connectivity index (χ4v) is 4.91. The largest absolute Gasteiger partial charge is 0.439 e. The maximum atomic E-state index is 13.1. The highest BCUT2D eigenvalue weighted by Gasteiger charge is 2.19. The zero-order chi connectivity index (χ0) is 30.7. The van der Waals surface area contributed by atoms with Crippen LogP contribution < -0.4 is 20.7 Å². The Balaban J connectivity index is 1.03. The van der Waals surface area contributed by atoms with Crippen molar-refractivity contribution in [2.45, 2.75) is 25.4 Å². The minimum atomic E-state index is -0.344. The fourth-order valence-electron chi connectivity index (χ4n) is 4.91. The maximum Gasteiger partial charge on any atom is 0.255 e. The molecule has 2 amide bonds. The van der Waals surface area contributed by atoms with E-state index in [2.05, 4.69) is 25.8 Å². The molecule has 44 heavy (non-hydrogen) atoms. The Morgan fingerprint density at radius 3 is 2.18 bits per heavy atom. The zero-order valence-corrected chi connectivity index (χ0v) is 24.6. The van der Waals surface area contributed by atoms with Gasteiger partial charge in [0.1, 0.15) is 11.6 Å². The number of hydrogen-bond donors (Lipinski definition) is 3. The van der Waals surface area contributed by atoms with Crippen LogP contribution in [0.4, 0.5) is 15.8 Å². The van der Waals surface area contributed by atoms with Crippen LogP contribution in [0.5, 0.6) is 11.6 Å². The quantitative estimate of drug-likeness (QED) is 0.180. The van der Waals surface area contributed by atoms with E-state index < -0.39 is 0 Å². The number of rotatable bonds is 12. The van der Waals surface area contributed by atoms with Crippen LogP contribution in [0.2, 0.25) is 0 Å². The summed E-state index contributed by atoms with van der Waals surface area (Å²) in [5, 5.41) is 9.15. The standard InChI is InChI=1S/C34H36FN5O4/c1-43-21-18-36-33(41)25-5-13-31(14-6-25)44-32-15-2-24(22-37-32)23-40-19-16-30(17-20-40)38-28-9-3-26(4-10-28)34(42)39-29-11-7-27(35)8-12-29/h2-15,22,30,38H,16-21,23H2,1H3,(H,36,41)(H,39,42). The molecule has 1 aromatic heterocycles. The number of likely N-dealkylation sites (tertiary alicyclic amines) is 1. The molecule has 5 rings (SSSR count). The molecule has 0 atom stereocenters. The molecule has 0 aliphatic carbocycles. The average Bonchev–Trinajstić information content (AvgIpc) is 3.05. The van der Waals surface area contributed by atoms with Crippen LogP contribution in [0.15, 0.2) is 91.1 Å². The number of benzene rings is 3. The van der Waals surface area contributed by atoms with Crippen LogP contribution in [-0.2, 0) is 11.3 Å². The smallest absolute Gasteiger partial charge is 0.255 e. The van der Waals surface area contributed by atoms with Gasteiger partial charge < -0.3 is 25.4 Å². The first-order valence-corrected chi connectivity index (χ1v) is 14.6. The monoisotopic (exact) mass is 597 g/mol. The summed E-state index contributed by atoms with van der Waals surface area (Å²) < 4.78 is 23.9. The number of hydrogen-bond acceptors (Lipinski definition) is 7. The predicted molar refractivity (Wildman–Crippen MR) is 168 cm³/mol. The Morgan fingerprint density at radius 2 is 1.52 bits per heavy atom. The molecule has 1 fully saturated rings. The van der Waals surface area contributed by atoms with E-state index in [9.17, 15) is 14.0 Å². The minimum Gasteiger partial charge on any atom is -0.439 e. The molecule has 0 unspecified atom stereocenters. The van der Waals surface area contributed by atoms with E-state index in [0.29, 0.717) is 47.6 Å². The number of carbonyl (C=O) groups is 2. The minimum absolute atomic E-state index is 0.156. The lowest BCUT2D eigenvalue weighted by molar-refractivity contribution is 0.0936. The Hall–Kier alpha value is -4.80. The molecule has 0 spiro atoms. The molecule has 3 aromatic carbocycles. The van der Waals surface area contributed by atoms with E-state index in [0.717, 1.165) is 43.7 Å². The van der Waals surface area contributed by atoms with Crippen LogP contribution >= 0.6 is 0 Å². The van der Waals surface area contributed by atoms with Gasteiger partial charge in [0.05, 0.1) is 6.61 Å². The normalized spacial score (nSPS) is 13.7. The molecule has 0 radical (unpaired) electrons. The highest BCUT2D eigenvalue weighted by molar-refractivity contribution is 6.04. The number of halogens is 1. The Morgan fingerprint density at radius 1 is 0.864 bits per heavy atom. The molecule has 3 N–H and O–H groups in total. The Kier molecular flexibility index (Phi) is 10.5. The van der Waals surface area contributed by atoms with Gasteiger partial charge in [0, 0.05) is 74.1 Å². The van der Waals surface area contributed by atoms with Crippen LogP contribution in [0.25, 0.3) is 0 Å². The number of amides is 2. The number of pyridine rings is 1. The molecule has 0 saturated carbocycles. The van der Waals surface area contributed by atoms with Crippen LogP contribution in [0.3, 0.4) is 0 Å². The van der Waals surface area contributed by atoms with Gasteiger partial charge in [-0.3, -0.25) is 14.5 Å². The topological polar surface area (TPSA) is 105 Å². The maximum absolute atomic E-state index is 13.1. The van der Waals surface area contributed by atoms with Crippen molar-refractivity contribution >= 4 is 23.2 Å². The molecule has 2 heterocycles. The highest BCUT2D eigenvalue weighted by Crippen LogP contribution is 2.22. The third kappa shape index (κ3) is 8.85. The summed E-state index contributed by atoms with van der Waals surface area (Å²) in [6, 6.07) is 24.3. The van der Waals surface area contributed by atoms with Gasteiger partial charge in [-0.2, -0.15) is 0 Å². The van der Waals surface area contributed by atoms with Gasteiger partial charge in [0.2, 0.25) is 5.88 Å². The van der Waals surface area contributed by atoms with E-state index in [1.807, 2.05) is 30.5 Å². The second-order valence-electron chi connectivity index (χ2n) is 10.6. The molecule has 228 valence electrons. The Bertz CT molecular complexity index is 1510. The van der Waals surface area contributed by atoms with Crippen molar-refractivity contribution in [1.29, 1.82) is 0 Å². The second kappa shape index (κ2) is 15.1. The molecule has 9 nitrogen and oxygen atoms in total. The van der Waals surface area contributed by atoms with Gasteiger partial charge in [0.15, 0.2) is 0 Å². The molecule has 0 bridgehead atoms. The number of methoxy groups -OCH3 is 1. The van der Waals surface area contributed by atoms with Crippen molar-refractivity contribution in [2.75, 3.05) is 44.0 Å². The zero-order valence-electron chi connectivity index (χ0n) is 24.6. The van der Waals surface area contributed by atoms with E-state index in [1.165, 1.54) is 24.3 Å². The average molecular weight is 598 g/mol. The number of anilines is 2. The van der Waals surface area contributed by atoms with E-state index in [-0.39, 0.29) is 17.6 Å². The predicted octanol–water partition coefficient (Wildman–Crippen LogP) is 5.72. The first kappa shape index (κ1) is 30.7. The number of piperidine rings is 1. The van der Waals surface area contributed by atoms with E-state index >= 15 is 0 Å². The van der Waals surface area contributed by atoms with Gasteiger partial charge >= 0.3 is 0 Å². The molecule has 1 saturated heterocycles. The summed E-state index contributed by atoms with van der Waals surface area (Å²) in [5.41, 5.74) is 3.73. The molecule has 1 aliphatic heterocycles. The molecule has 4 aromatic rings. The van der Waals surface area contributed by atoms with E-state index in [1.54, 1.807) is 43.5 Å². The summed E-state index contributed by atoms with van der Waals surface area (Å²) in [6.07, 6.45) is 3.84. The fraction of sp³-hybridized carbons (Fsp3) is 0.265. The van der Waals surface area contributed by atoms with Crippen molar-refractivity contribution < 1.29 is 23.5 Å². The first-order chi connectivity index (χ1) is 21.4. The van der Waals surface area contributed by atoms with Gasteiger partial charge in [-0.05, 0) is 91.2 Å². The summed E-state index contributed by atoms with van der Waals surface area (Å²) in [6.45, 7) is 3.65. The lowest BCUT2D eigenvalue weighted by Crippen LogP contribution is -2.38. The van der Waals surface area contributed by atoms with Gasteiger partial charge in [-0.25, -0.2) is 9.37 Å². The highest BCUT2D eigenvalue weighted by atomic mass is 19.1. The number of nitrogens with zero attached hydrogens (tertiary/aromatic N) is 2. The van der Waals surface area contributed by atoms with Crippen molar-refractivity contribution in [3.05, 3.63) is 114 Å². The lowest BCUT2D eigenvalue weighted by Gasteiger charge is -2.32. The summed E-state index contributed by atoms with van der Waals surface area (Å²) in [4.78, 5) is 31.5. The first-order valence-electron chi connectivity index (χ1n) is 14.6. The van der Waals surface area contributed by atoms with Gasteiger partial charge in [-0.1, -0.05) is 6.07 Å². The third-order valence-corrected chi connectivity index (χ3v) is 7.34. The SMILES string of the molecule is COCCNC(=O)c1ccc(Oc2ccc(CN3CCC(Nc4ccc(C(=O)Nc5ccc(F)cc5)cc4)CC3)cn2)cc1. The van der Waals surface area contributed by atoms with Crippen LogP contribution in [0, 0.1) is 5.82 Å². The van der Waals surface area contributed by atoms with Gasteiger partial charge in [0.25, 0.3) is 11.8 Å². The third-order valence-electron chi connectivity index (χ3n) is 7.34. The number of carbonyl (C=O) groups excluding carboxylic acids is 2. The van der Waals surface area contributed by atoms with Crippen LogP contribution in [0.1, 0.15) is 39.1 Å². The molecule has 10 heteroatoms. The summed E-state index contributed by atoms with van der Waals surface area (Å²) >= 11 is 0. The van der Waals surface area contributed by atoms with Gasteiger partial charge in [-0.15, -0.1) is 0 Å². The Labute approximate surface area is 256 Å². The number of ether oxygens (including phenoxy) is 2. The van der Waals surface area contributed by atoms with Crippen molar-refractivity contribution in [2.24, 2.45) is 0 Å². The summed E-state index contributed by atoms with van der Waals surface area (Å²) in [7, 11) is 1.59. The van der Waals surface area contributed by atoms with Crippen molar-refractivity contribution in [3.63, 3.8) is 0 Å².